The summed E-state index contributed by atoms with van der Waals surface area (Å²) < 4.78 is 8.26. The molecule has 3 unspecified atom stereocenters. The molecule has 3 heteroatoms. The Balaban J connectivity index is 1.76. The van der Waals surface area contributed by atoms with Crippen molar-refractivity contribution in [1.29, 1.82) is 0 Å². The Labute approximate surface area is 127 Å². The molecule has 1 aliphatic heterocycles. The SMILES string of the molecule is CCC(N)Cc1ccc2c(ccn2CC2CCC(C)O2)c1. The maximum atomic E-state index is 6.05. The van der Waals surface area contributed by atoms with E-state index in [4.69, 9.17) is 10.5 Å². The lowest BCUT2D eigenvalue weighted by Gasteiger charge is -2.13. The lowest BCUT2D eigenvalue weighted by molar-refractivity contribution is 0.0465. The summed E-state index contributed by atoms with van der Waals surface area (Å²) >= 11 is 0. The van der Waals surface area contributed by atoms with Crippen LogP contribution in [0, 0.1) is 0 Å². The van der Waals surface area contributed by atoms with Crippen molar-refractivity contribution in [3.05, 3.63) is 36.0 Å². The molecule has 3 nitrogen and oxygen atoms in total. The van der Waals surface area contributed by atoms with Crippen LogP contribution in [0.4, 0.5) is 0 Å². The fraction of sp³-hybridized carbons (Fsp3) is 0.556. The predicted octanol–water partition coefficient (Wildman–Crippen LogP) is 3.49. The second-order valence-electron chi connectivity index (χ2n) is 6.38. The molecule has 3 atom stereocenters. The summed E-state index contributed by atoms with van der Waals surface area (Å²) in [5.41, 5.74) is 8.69. The molecule has 0 aliphatic carbocycles. The van der Waals surface area contributed by atoms with Crippen LogP contribution in [0.25, 0.3) is 10.9 Å². The van der Waals surface area contributed by atoms with E-state index in [0.29, 0.717) is 12.2 Å². The van der Waals surface area contributed by atoms with Crippen molar-refractivity contribution in [2.45, 2.75) is 64.3 Å². The number of hydrogen-bond donors (Lipinski definition) is 1. The number of aromatic nitrogens is 1. The largest absolute Gasteiger partial charge is 0.373 e. The maximum Gasteiger partial charge on any atom is 0.0758 e. The summed E-state index contributed by atoms with van der Waals surface area (Å²) in [7, 11) is 0. The number of nitrogens with zero attached hydrogens (tertiary/aromatic N) is 1. The lowest BCUT2D eigenvalue weighted by atomic mass is 10.0. The Morgan fingerprint density at radius 2 is 2.19 bits per heavy atom. The van der Waals surface area contributed by atoms with E-state index in [9.17, 15) is 0 Å². The van der Waals surface area contributed by atoms with Crippen LogP contribution in [-0.2, 0) is 17.7 Å². The molecule has 0 amide bonds. The molecule has 1 saturated heterocycles. The molecule has 2 aromatic rings. The molecule has 0 spiro atoms. The monoisotopic (exact) mass is 286 g/mol. The van der Waals surface area contributed by atoms with Gasteiger partial charge < -0.3 is 15.0 Å². The molecule has 3 rings (SSSR count). The Bertz CT molecular complexity index is 604. The van der Waals surface area contributed by atoms with Gasteiger partial charge in [0.25, 0.3) is 0 Å². The number of nitrogens with two attached hydrogens (primary N) is 1. The lowest BCUT2D eigenvalue weighted by Crippen LogP contribution is -2.21. The van der Waals surface area contributed by atoms with E-state index in [-0.39, 0.29) is 6.04 Å². The van der Waals surface area contributed by atoms with Gasteiger partial charge in [-0.1, -0.05) is 13.0 Å². The highest BCUT2D eigenvalue weighted by molar-refractivity contribution is 5.80. The van der Waals surface area contributed by atoms with E-state index < -0.39 is 0 Å². The van der Waals surface area contributed by atoms with Gasteiger partial charge in [-0.3, -0.25) is 0 Å². The van der Waals surface area contributed by atoms with Gasteiger partial charge in [-0.05, 0) is 61.8 Å². The molecule has 21 heavy (non-hydrogen) atoms. The molecule has 1 aromatic carbocycles. The fourth-order valence-electron chi connectivity index (χ4n) is 3.22. The van der Waals surface area contributed by atoms with Crippen molar-refractivity contribution in [2.24, 2.45) is 5.73 Å². The minimum atomic E-state index is 0.262. The molecule has 1 fully saturated rings. The molecule has 114 valence electrons. The van der Waals surface area contributed by atoms with Crippen LogP contribution in [0.5, 0.6) is 0 Å². The highest BCUT2D eigenvalue weighted by Crippen LogP contribution is 2.24. The van der Waals surface area contributed by atoms with Gasteiger partial charge in [0.1, 0.15) is 0 Å². The smallest absolute Gasteiger partial charge is 0.0758 e. The van der Waals surface area contributed by atoms with Crippen LogP contribution in [0.2, 0.25) is 0 Å². The van der Waals surface area contributed by atoms with E-state index in [1.807, 2.05) is 0 Å². The van der Waals surface area contributed by atoms with E-state index in [1.165, 1.54) is 29.3 Å². The molecule has 1 aromatic heterocycles. The first-order valence-electron chi connectivity index (χ1n) is 8.14. The van der Waals surface area contributed by atoms with E-state index in [0.717, 1.165) is 19.4 Å². The van der Waals surface area contributed by atoms with E-state index >= 15 is 0 Å². The second kappa shape index (κ2) is 6.20. The Morgan fingerprint density at radius 1 is 1.33 bits per heavy atom. The summed E-state index contributed by atoms with van der Waals surface area (Å²) in [5.74, 6) is 0. The summed E-state index contributed by atoms with van der Waals surface area (Å²) in [4.78, 5) is 0. The van der Waals surface area contributed by atoms with Gasteiger partial charge in [-0.25, -0.2) is 0 Å². The van der Waals surface area contributed by atoms with Crippen LogP contribution in [-0.4, -0.2) is 22.8 Å². The zero-order valence-corrected chi connectivity index (χ0v) is 13.1. The van der Waals surface area contributed by atoms with Crippen LogP contribution in [0.15, 0.2) is 30.5 Å². The van der Waals surface area contributed by atoms with Crippen LogP contribution in [0.3, 0.4) is 0 Å². The molecular weight excluding hydrogens is 260 g/mol. The number of fused-ring (bicyclic) bond motifs is 1. The van der Waals surface area contributed by atoms with Crippen molar-refractivity contribution in [1.82, 2.24) is 4.57 Å². The average Bonchev–Trinajstić information content (AvgIpc) is 3.06. The molecule has 0 bridgehead atoms. The first kappa shape index (κ1) is 14.6. The van der Waals surface area contributed by atoms with Crippen LogP contribution < -0.4 is 5.73 Å². The highest BCUT2D eigenvalue weighted by Gasteiger charge is 2.22. The summed E-state index contributed by atoms with van der Waals surface area (Å²) in [6.07, 6.45) is 7.30. The first-order chi connectivity index (χ1) is 10.2. The van der Waals surface area contributed by atoms with Gasteiger partial charge >= 0.3 is 0 Å². The molecule has 2 heterocycles. The predicted molar refractivity (Wildman–Crippen MR) is 87.5 cm³/mol. The van der Waals surface area contributed by atoms with Crippen molar-refractivity contribution in [3.63, 3.8) is 0 Å². The first-order valence-corrected chi connectivity index (χ1v) is 8.14. The zero-order valence-electron chi connectivity index (χ0n) is 13.1. The molecule has 0 radical (unpaired) electrons. The van der Waals surface area contributed by atoms with E-state index in [2.05, 4.69) is 48.9 Å². The van der Waals surface area contributed by atoms with Gasteiger partial charge in [0.05, 0.1) is 12.2 Å². The molecule has 2 N–H and O–H groups in total. The Morgan fingerprint density at radius 3 is 2.90 bits per heavy atom. The molecule has 1 aliphatic rings. The fourth-order valence-corrected chi connectivity index (χ4v) is 3.22. The van der Waals surface area contributed by atoms with Gasteiger partial charge in [-0.2, -0.15) is 0 Å². The Kier molecular flexibility index (Phi) is 4.32. The highest BCUT2D eigenvalue weighted by atomic mass is 16.5. The number of benzene rings is 1. The molecule has 0 saturated carbocycles. The standard InChI is InChI=1S/C18H26N2O/c1-3-16(19)11-14-5-7-18-15(10-14)8-9-20(18)12-17-6-4-13(2)21-17/h5,7-10,13,16-17H,3-4,6,11-12,19H2,1-2H3. The minimum absolute atomic E-state index is 0.262. The van der Waals surface area contributed by atoms with Gasteiger partial charge in [0.15, 0.2) is 0 Å². The summed E-state index contributed by atoms with van der Waals surface area (Å²) in [6.45, 7) is 5.26. The van der Waals surface area contributed by atoms with Crippen molar-refractivity contribution < 1.29 is 4.74 Å². The average molecular weight is 286 g/mol. The van der Waals surface area contributed by atoms with Gasteiger partial charge in [0.2, 0.25) is 0 Å². The van der Waals surface area contributed by atoms with Gasteiger partial charge in [0, 0.05) is 24.3 Å². The summed E-state index contributed by atoms with van der Waals surface area (Å²) in [6, 6.07) is 9.18. The quantitative estimate of drug-likeness (QED) is 0.914. The van der Waals surface area contributed by atoms with Crippen molar-refractivity contribution in [3.8, 4) is 0 Å². The Hall–Kier alpha value is -1.32. The van der Waals surface area contributed by atoms with Gasteiger partial charge in [-0.15, -0.1) is 0 Å². The number of rotatable bonds is 5. The normalized spacial score (nSPS) is 23.8. The number of ether oxygens (including phenoxy) is 1. The van der Waals surface area contributed by atoms with Crippen LogP contribution >= 0.6 is 0 Å². The third kappa shape index (κ3) is 3.30. The minimum Gasteiger partial charge on any atom is -0.373 e. The number of hydrogen-bond acceptors (Lipinski definition) is 2. The molecular formula is C18H26N2O. The zero-order chi connectivity index (χ0) is 14.8. The van der Waals surface area contributed by atoms with E-state index in [1.54, 1.807) is 0 Å². The second-order valence-corrected chi connectivity index (χ2v) is 6.38. The van der Waals surface area contributed by atoms with Crippen LogP contribution in [0.1, 0.15) is 38.7 Å². The maximum absolute atomic E-state index is 6.05. The third-order valence-electron chi connectivity index (χ3n) is 4.58. The summed E-state index contributed by atoms with van der Waals surface area (Å²) in [5, 5.41) is 1.31. The van der Waals surface area contributed by atoms with Crippen molar-refractivity contribution >= 4 is 10.9 Å². The third-order valence-corrected chi connectivity index (χ3v) is 4.58. The topological polar surface area (TPSA) is 40.2 Å². The van der Waals surface area contributed by atoms with Crippen molar-refractivity contribution in [2.75, 3.05) is 0 Å².